The number of halogens is 3. The molecule has 0 N–H and O–H groups in total. The third kappa shape index (κ3) is 2.53. The number of hydrogen-bond donors (Lipinski definition) is 0. The maximum absolute atomic E-state index is 5.99. The van der Waals surface area contributed by atoms with Gasteiger partial charge in [0.05, 0.1) is 7.11 Å². The molecule has 0 unspecified atom stereocenters. The van der Waals surface area contributed by atoms with Crippen molar-refractivity contribution < 1.29 is 0 Å². The lowest BCUT2D eigenvalue weighted by atomic mass is 11.9. The van der Waals surface area contributed by atoms with Crippen LogP contribution in [-0.4, -0.2) is 20.9 Å². The van der Waals surface area contributed by atoms with Crippen LogP contribution < -0.4 is 0 Å². The first-order chi connectivity index (χ1) is 4.19. The van der Waals surface area contributed by atoms with E-state index < -0.39 is 20.9 Å². The second-order valence-corrected chi connectivity index (χ2v) is 35.5. The van der Waals surface area contributed by atoms with E-state index in [-0.39, 0.29) is 0 Å². The van der Waals surface area contributed by atoms with E-state index in [1.54, 1.807) is 0 Å². The lowest BCUT2D eigenvalue weighted by Crippen LogP contribution is -2.57. The maximum Gasteiger partial charge on any atom is 0.321 e. The van der Waals surface area contributed by atoms with Gasteiger partial charge in [0, 0.05) is 8.31 Å². The van der Waals surface area contributed by atoms with E-state index in [9.17, 15) is 0 Å². The van der Waals surface area contributed by atoms with Gasteiger partial charge in [-0.1, -0.05) is 26.2 Å². The molecule has 0 nitrogen and oxygen atoms in total. The predicted octanol–water partition coefficient (Wildman–Crippen LogP) is 2.99. The number of hydrogen-bond acceptors (Lipinski definition) is 0. The zero-order chi connectivity index (χ0) is 8.58. The summed E-state index contributed by atoms with van der Waals surface area (Å²) in [6, 6.07) is 0. The zero-order valence-electron chi connectivity index (χ0n) is 6.71. The molecule has 0 aliphatic heterocycles. The highest BCUT2D eigenvalue weighted by Crippen LogP contribution is 2.32. The van der Waals surface area contributed by atoms with Crippen LogP contribution in [0.3, 0.4) is 0 Å². The highest BCUT2D eigenvalue weighted by molar-refractivity contribution is 7.96. The Kier molecular flexibility index (Phi) is 4.03. The van der Waals surface area contributed by atoms with Gasteiger partial charge in [0.25, 0.3) is 0 Å². The van der Waals surface area contributed by atoms with Crippen LogP contribution in [0.15, 0.2) is 0 Å². The molecule has 0 saturated carbocycles. The van der Waals surface area contributed by atoms with Crippen molar-refractivity contribution in [3.63, 3.8) is 0 Å². The average Bonchev–Trinajstić information content (AvgIpc) is 1.62. The van der Waals surface area contributed by atoms with Gasteiger partial charge >= 0.3 is 5.52 Å². The molecule has 0 aromatic carbocycles. The van der Waals surface area contributed by atoms with Crippen molar-refractivity contribution >= 4 is 54.2 Å². The second-order valence-electron chi connectivity index (χ2n) is 3.37. The summed E-state index contributed by atoms with van der Waals surface area (Å²) in [6.45, 7) is 8.98. The summed E-state index contributed by atoms with van der Waals surface area (Å²) in [5.41, 5.74) is -2.33. The fraction of sp³-hybridized carbons (Fsp3) is 1.00. The SMILES string of the molecule is C[SiH](C)[Si](C)(C)[Si](Cl)(Cl)Cl. The van der Waals surface area contributed by atoms with Gasteiger partial charge in [0.2, 0.25) is 0 Å². The zero-order valence-corrected chi connectivity index (χ0v) is 12.1. The molecule has 0 heterocycles. The van der Waals surface area contributed by atoms with Gasteiger partial charge < -0.3 is 0 Å². The molecule has 0 fully saturated rings. The molecule has 0 bridgehead atoms. The van der Waals surface area contributed by atoms with Crippen LogP contribution >= 0.6 is 33.2 Å². The lowest BCUT2D eigenvalue weighted by molar-refractivity contribution is 1.94. The van der Waals surface area contributed by atoms with Gasteiger partial charge in [-0.15, -0.1) is 33.2 Å². The minimum Gasteiger partial charge on any atom is -0.130 e. The maximum atomic E-state index is 5.99. The molecule has 0 radical (unpaired) electrons. The van der Waals surface area contributed by atoms with Crippen LogP contribution in [0.1, 0.15) is 0 Å². The lowest BCUT2D eigenvalue weighted by Gasteiger charge is -2.30. The van der Waals surface area contributed by atoms with E-state index >= 15 is 0 Å². The van der Waals surface area contributed by atoms with E-state index in [4.69, 9.17) is 33.2 Å². The third-order valence-electron chi connectivity index (χ3n) is 2.17. The van der Waals surface area contributed by atoms with Gasteiger partial charge in [-0.05, 0) is 0 Å². The largest absolute Gasteiger partial charge is 0.321 e. The monoisotopic (exact) mass is 250 g/mol. The van der Waals surface area contributed by atoms with E-state index in [1.165, 1.54) is 0 Å². The molecule has 0 aromatic rings. The Morgan fingerprint density at radius 3 is 1.30 bits per heavy atom. The molecule has 0 aliphatic rings. The standard InChI is InChI=1S/C4H13Cl3Si3/c1-8(2)9(3,4)10(5,6)7/h8H,1-4H3. The van der Waals surface area contributed by atoms with Gasteiger partial charge in [-0.25, -0.2) is 0 Å². The van der Waals surface area contributed by atoms with Crippen molar-refractivity contribution in [2.45, 2.75) is 26.2 Å². The molecule has 6 heteroatoms. The van der Waals surface area contributed by atoms with E-state index in [0.717, 1.165) is 0 Å². The van der Waals surface area contributed by atoms with Crippen molar-refractivity contribution in [3.8, 4) is 0 Å². The summed E-state index contributed by atoms with van der Waals surface area (Å²) in [5.74, 6) is 0. The Hall–Kier alpha value is 1.52. The molecule has 0 amide bonds. The Labute approximate surface area is 80.2 Å². The normalized spacial score (nSPS) is 14.4. The molecule has 10 heavy (non-hydrogen) atoms. The minimum atomic E-state index is -2.33. The molecular formula is C4H13Cl3Si3. The summed E-state index contributed by atoms with van der Waals surface area (Å²) in [4.78, 5) is 0. The highest BCUT2D eigenvalue weighted by Gasteiger charge is 2.48. The Balaban J connectivity index is 4.40. The van der Waals surface area contributed by atoms with E-state index in [2.05, 4.69) is 26.2 Å². The Bertz CT molecular complexity index is 117. The smallest absolute Gasteiger partial charge is 0.130 e. The number of rotatable bonds is 2. The first kappa shape index (κ1) is 11.5. The summed E-state index contributed by atoms with van der Waals surface area (Å²) in [6.07, 6.45) is 0. The summed E-state index contributed by atoms with van der Waals surface area (Å²) >= 11 is 18.0. The molecule has 0 saturated heterocycles. The fourth-order valence-corrected chi connectivity index (χ4v) is 26.5. The third-order valence-corrected chi connectivity index (χ3v) is 46.8. The summed E-state index contributed by atoms with van der Waals surface area (Å²) in [5, 5.41) is 0. The van der Waals surface area contributed by atoms with Crippen molar-refractivity contribution in [1.29, 1.82) is 0 Å². The molecule has 62 valence electrons. The van der Waals surface area contributed by atoms with Crippen molar-refractivity contribution in [3.05, 3.63) is 0 Å². The average molecular weight is 252 g/mol. The van der Waals surface area contributed by atoms with Crippen molar-refractivity contribution in [2.75, 3.05) is 0 Å². The van der Waals surface area contributed by atoms with Gasteiger partial charge in [0.1, 0.15) is 0 Å². The first-order valence-corrected chi connectivity index (χ1v) is 16.4. The quantitative estimate of drug-likeness (QED) is 0.523. The fourth-order valence-electron chi connectivity index (χ4n) is 0.327. The van der Waals surface area contributed by atoms with Crippen LogP contribution in [-0.2, 0) is 0 Å². The van der Waals surface area contributed by atoms with Crippen molar-refractivity contribution in [2.24, 2.45) is 0 Å². The molecule has 0 aromatic heterocycles. The summed E-state index contributed by atoms with van der Waals surface area (Å²) in [7, 11) is -2.11. The topological polar surface area (TPSA) is 0 Å². The Morgan fingerprint density at radius 1 is 1.00 bits per heavy atom. The van der Waals surface area contributed by atoms with Gasteiger partial charge in [0.15, 0.2) is 0 Å². The van der Waals surface area contributed by atoms with Crippen LogP contribution in [0.25, 0.3) is 0 Å². The first-order valence-electron chi connectivity index (χ1n) is 3.26. The van der Waals surface area contributed by atoms with Gasteiger partial charge in [-0.3, -0.25) is 0 Å². The molecular weight excluding hydrogens is 239 g/mol. The van der Waals surface area contributed by atoms with Gasteiger partial charge in [-0.2, -0.15) is 0 Å². The predicted molar refractivity (Wildman–Crippen MR) is 59.7 cm³/mol. The van der Waals surface area contributed by atoms with Crippen LogP contribution in [0.4, 0.5) is 0 Å². The van der Waals surface area contributed by atoms with E-state index in [1.807, 2.05) is 0 Å². The van der Waals surface area contributed by atoms with Crippen LogP contribution in [0, 0.1) is 0 Å². The second kappa shape index (κ2) is 3.49. The molecule has 0 atom stereocenters. The minimum absolute atomic E-state index is 0.700. The van der Waals surface area contributed by atoms with Crippen LogP contribution in [0.2, 0.25) is 26.2 Å². The summed E-state index contributed by atoms with van der Waals surface area (Å²) < 4.78 is 0. The van der Waals surface area contributed by atoms with Crippen LogP contribution in [0.5, 0.6) is 0 Å². The molecule has 0 aliphatic carbocycles. The highest BCUT2D eigenvalue weighted by atomic mass is 35.8. The molecule has 0 spiro atoms. The Morgan fingerprint density at radius 2 is 1.30 bits per heavy atom. The molecule has 0 rings (SSSR count). The van der Waals surface area contributed by atoms with E-state index in [0.29, 0.717) is 0 Å². The van der Waals surface area contributed by atoms with Crippen molar-refractivity contribution in [1.82, 2.24) is 0 Å².